The molecule has 2 aliphatic rings. The molecular formula is C22H34O3. The fourth-order valence-corrected chi connectivity index (χ4v) is 5.14. The van der Waals surface area contributed by atoms with Gasteiger partial charge in [0.1, 0.15) is 11.6 Å². The molecule has 0 heterocycles. The summed E-state index contributed by atoms with van der Waals surface area (Å²) < 4.78 is 0. The first-order valence-corrected chi connectivity index (χ1v) is 9.67. The Morgan fingerprint density at radius 2 is 1.80 bits per heavy atom. The highest BCUT2D eigenvalue weighted by Gasteiger charge is 2.53. The monoisotopic (exact) mass is 346 g/mol. The highest BCUT2D eigenvalue weighted by atomic mass is 16.1. The van der Waals surface area contributed by atoms with E-state index >= 15 is 0 Å². The summed E-state index contributed by atoms with van der Waals surface area (Å²) in [5.41, 5.74) is 0.540. The summed E-state index contributed by atoms with van der Waals surface area (Å²) >= 11 is 0. The van der Waals surface area contributed by atoms with Crippen LogP contribution >= 0.6 is 0 Å². The zero-order chi connectivity index (χ0) is 19.0. The van der Waals surface area contributed by atoms with Crippen molar-refractivity contribution in [1.29, 1.82) is 0 Å². The molecule has 2 rings (SSSR count). The van der Waals surface area contributed by atoms with Crippen LogP contribution in [0.1, 0.15) is 86.5 Å². The summed E-state index contributed by atoms with van der Waals surface area (Å²) in [4.78, 5) is 36.4. The van der Waals surface area contributed by atoms with Gasteiger partial charge in [-0.2, -0.15) is 0 Å². The van der Waals surface area contributed by atoms with Crippen LogP contribution in [0.5, 0.6) is 0 Å². The largest absolute Gasteiger partial charge is 0.300 e. The third-order valence-electron chi connectivity index (χ3n) is 6.70. The summed E-state index contributed by atoms with van der Waals surface area (Å²) in [7, 11) is 0. The molecule has 0 bridgehead atoms. The third kappa shape index (κ3) is 3.96. The Hall–Kier alpha value is -1.25. The Labute approximate surface area is 152 Å². The van der Waals surface area contributed by atoms with Gasteiger partial charge in [0.05, 0.1) is 6.42 Å². The van der Waals surface area contributed by atoms with Gasteiger partial charge >= 0.3 is 0 Å². The van der Waals surface area contributed by atoms with Crippen molar-refractivity contribution in [2.75, 3.05) is 0 Å². The van der Waals surface area contributed by atoms with Crippen molar-refractivity contribution in [3.8, 4) is 0 Å². The number of hydrogen-bond acceptors (Lipinski definition) is 3. The van der Waals surface area contributed by atoms with E-state index in [4.69, 9.17) is 0 Å². The predicted molar refractivity (Wildman–Crippen MR) is 100 cm³/mol. The topological polar surface area (TPSA) is 51.2 Å². The van der Waals surface area contributed by atoms with Gasteiger partial charge in [0.25, 0.3) is 0 Å². The van der Waals surface area contributed by atoms with E-state index in [1.165, 1.54) is 6.92 Å². The third-order valence-corrected chi connectivity index (χ3v) is 6.70. The highest BCUT2D eigenvalue weighted by molar-refractivity contribution is 6.08. The van der Waals surface area contributed by atoms with Gasteiger partial charge in [0.15, 0.2) is 5.78 Å². The molecule has 0 aliphatic heterocycles. The molecule has 1 fully saturated rings. The van der Waals surface area contributed by atoms with E-state index in [0.29, 0.717) is 18.1 Å². The summed E-state index contributed by atoms with van der Waals surface area (Å²) in [6.07, 6.45) is 7.73. The lowest BCUT2D eigenvalue weighted by molar-refractivity contribution is -0.128. The maximum Gasteiger partial charge on any atom is 0.166 e. The van der Waals surface area contributed by atoms with Crippen LogP contribution in [-0.4, -0.2) is 17.3 Å². The first-order valence-electron chi connectivity index (χ1n) is 9.67. The fraction of sp³-hybridized carbons (Fsp3) is 0.773. The van der Waals surface area contributed by atoms with Crippen LogP contribution in [0.4, 0.5) is 0 Å². The molecule has 0 N–H and O–H groups in total. The van der Waals surface area contributed by atoms with E-state index in [1.54, 1.807) is 0 Å². The fourth-order valence-electron chi connectivity index (χ4n) is 5.14. The molecule has 0 amide bonds. The van der Waals surface area contributed by atoms with Crippen LogP contribution in [0.3, 0.4) is 0 Å². The molecular weight excluding hydrogens is 312 g/mol. The molecule has 1 saturated carbocycles. The van der Waals surface area contributed by atoms with Crippen molar-refractivity contribution in [2.24, 2.45) is 22.2 Å². The van der Waals surface area contributed by atoms with Crippen LogP contribution < -0.4 is 0 Å². The SMILES string of the molecule is CC(=O)CC(=O)C1=CCC2C(C)(CCC(=O)C(C)(C)C)CCCC12C. The van der Waals surface area contributed by atoms with Crippen molar-refractivity contribution < 1.29 is 14.4 Å². The smallest absolute Gasteiger partial charge is 0.166 e. The maximum atomic E-state index is 12.6. The number of fused-ring (bicyclic) bond motifs is 1. The quantitative estimate of drug-likeness (QED) is 0.631. The van der Waals surface area contributed by atoms with Gasteiger partial charge in [0.2, 0.25) is 0 Å². The molecule has 3 unspecified atom stereocenters. The number of rotatable bonds is 6. The number of ketones is 3. The second kappa shape index (κ2) is 6.81. The van der Waals surface area contributed by atoms with Gasteiger partial charge in [-0.15, -0.1) is 0 Å². The summed E-state index contributed by atoms with van der Waals surface area (Å²) in [6.45, 7) is 11.9. The van der Waals surface area contributed by atoms with Gasteiger partial charge in [0, 0.05) is 11.8 Å². The summed E-state index contributed by atoms with van der Waals surface area (Å²) in [6, 6.07) is 0. The number of Topliss-reactive ketones (excluding diaryl/α,β-unsaturated/α-hetero) is 3. The van der Waals surface area contributed by atoms with E-state index < -0.39 is 0 Å². The van der Waals surface area contributed by atoms with Crippen molar-refractivity contribution in [1.82, 2.24) is 0 Å². The van der Waals surface area contributed by atoms with Crippen molar-refractivity contribution in [2.45, 2.75) is 86.5 Å². The molecule has 140 valence electrons. The standard InChI is InChI=1S/C22H34O3/c1-15(23)14-17(24)16-8-9-18-21(5,11-7-12-22(16,18)6)13-10-19(25)20(2,3)4/h8,18H,7,9-14H2,1-6H3. The van der Waals surface area contributed by atoms with Crippen molar-refractivity contribution >= 4 is 17.3 Å². The van der Waals surface area contributed by atoms with E-state index in [0.717, 1.165) is 37.7 Å². The molecule has 2 aliphatic carbocycles. The predicted octanol–water partition coefficient (Wildman–Crippen LogP) is 5.07. The van der Waals surface area contributed by atoms with Crippen LogP contribution in [0.2, 0.25) is 0 Å². The number of allylic oxidation sites excluding steroid dienone is 2. The first kappa shape index (κ1) is 20.1. The van der Waals surface area contributed by atoms with Gasteiger partial charge < -0.3 is 0 Å². The molecule has 0 aromatic carbocycles. The normalized spacial score (nSPS) is 32.1. The second-order valence-corrected chi connectivity index (χ2v) is 9.81. The Kier molecular flexibility index (Phi) is 5.47. The molecule has 0 spiro atoms. The minimum absolute atomic E-state index is 0.00696. The van der Waals surface area contributed by atoms with Gasteiger partial charge in [-0.25, -0.2) is 0 Å². The molecule has 0 aromatic rings. The lowest BCUT2D eigenvalue weighted by atomic mass is 9.53. The number of hydrogen-bond donors (Lipinski definition) is 0. The Balaban J connectivity index is 2.16. The molecule has 0 radical (unpaired) electrons. The Morgan fingerprint density at radius 1 is 1.16 bits per heavy atom. The lowest BCUT2D eigenvalue weighted by Crippen LogP contribution is -2.43. The van der Waals surface area contributed by atoms with E-state index in [9.17, 15) is 14.4 Å². The zero-order valence-corrected chi connectivity index (χ0v) is 16.8. The van der Waals surface area contributed by atoms with Gasteiger partial charge in [-0.3, -0.25) is 14.4 Å². The minimum Gasteiger partial charge on any atom is -0.300 e. The lowest BCUT2D eigenvalue weighted by Gasteiger charge is -2.50. The average molecular weight is 347 g/mol. The molecule has 25 heavy (non-hydrogen) atoms. The van der Waals surface area contributed by atoms with E-state index in [1.807, 2.05) is 20.8 Å². The Morgan fingerprint density at radius 3 is 2.36 bits per heavy atom. The average Bonchev–Trinajstić information content (AvgIpc) is 2.82. The molecule has 3 nitrogen and oxygen atoms in total. The van der Waals surface area contributed by atoms with Crippen molar-refractivity contribution in [3.05, 3.63) is 11.6 Å². The van der Waals surface area contributed by atoms with E-state index in [2.05, 4.69) is 19.9 Å². The molecule has 3 heteroatoms. The number of carbonyl (C=O) groups is 3. The van der Waals surface area contributed by atoms with Crippen LogP contribution in [0, 0.1) is 22.2 Å². The molecule has 0 saturated heterocycles. The van der Waals surface area contributed by atoms with Crippen LogP contribution in [0.25, 0.3) is 0 Å². The second-order valence-electron chi connectivity index (χ2n) is 9.81. The summed E-state index contributed by atoms with van der Waals surface area (Å²) in [5.74, 6) is 0.659. The van der Waals surface area contributed by atoms with Crippen LogP contribution in [-0.2, 0) is 14.4 Å². The highest BCUT2D eigenvalue weighted by Crippen LogP contribution is 2.61. The first-order chi connectivity index (χ1) is 11.4. The molecule has 0 aromatic heterocycles. The molecule has 3 atom stereocenters. The van der Waals surface area contributed by atoms with Gasteiger partial charge in [-0.1, -0.05) is 47.1 Å². The van der Waals surface area contributed by atoms with Crippen LogP contribution in [0.15, 0.2) is 11.6 Å². The zero-order valence-electron chi connectivity index (χ0n) is 16.8. The van der Waals surface area contributed by atoms with E-state index in [-0.39, 0.29) is 34.2 Å². The summed E-state index contributed by atoms with van der Waals surface area (Å²) in [5, 5.41) is 0. The number of carbonyl (C=O) groups excluding carboxylic acids is 3. The maximum absolute atomic E-state index is 12.6. The van der Waals surface area contributed by atoms with Gasteiger partial charge in [-0.05, 0) is 54.9 Å². The van der Waals surface area contributed by atoms with Crippen molar-refractivity contribution in [3.63, 3.8) is 0 Å². The Bertz CT molecular complexity index is 607. The minimum atomic E-state index is -0.287.